The summed E-state index contributed by atoms with van der Waals surface area (Å²) in [5.41, 5.74) is 1.47. The van der Waals surface area contributed by atoms with Gasteiger partial charge >= 0.3 is 0 Å². The van der Waals surface area contributed by atoms with Crippen molar-refractivity contribution >= 4 is 0 Å². The van der Waals surface area contributed by atoms with E-state index in [0.717, 1.165) is 6.42 Å². The summed E-state index contributed by atoms with van der Waals surface area (Å²) in [7, 11) is 0. The van der Waals surface area contributed by atoms with Crippen LogP contribution in [0.2, 0.25) is 0 Å². The van der Waals surface area contributed by atoms with Gasteiger partial charge in [0.15, 0.2) is 0 Å². The van der Waals surface area contributed by atoms with Crippen LogP contribution >= 0.6 is 0 Å². The molecule has 0 heterocycles. The SMILES string of the molecule is C=C[C@]1(C)CC[C@H](C(C)CO)C[C@@H]1C(=C)C. The maximum absolute atomic E-state index is 9.26. The number of hydrogen-bond donors (Lipinski definition) is 1. The normalized spacial score (nSPS) is 36.8. The second-order valence-corrected chi connectivity index (χ2v) is 5.80. The number of allylic oxidation sites excluding steroid dienone is 2. The maximum atomic E-state index is 9.26. The van der Waals surface area contributed by atoms with Crippen LogP contribution in [0.25, 0.3) is 0 Å². The van der Waals surface area contributed by atoms with Crippen LogP contribution in [0.4, 0.5) is 0 Å². The van der Waals surface area contributed by atoms with Crippen molar-refractivity contribution in [3.8, 4) is 0 Å². The molecule has 1 fully saturated rings. The van der Waals surface area contributed by atoms with Gasteiger partial charge in [0.1, 0.15) is 0 Å². The van der Waals surface area contributed by atoms with Gasteiger partial charge in [0.25, 0.3) is 0 Å². The predicted octanol–water partition coefficient (Wildman–Crippen LogP) is 3.80. The van der Waals surface area contributed by atoms with Crippen molar-refractivity contribution in [2.75, 3.05) is 6.61 Å². The second-order valence-electron chi connectivity index (χ2n) is 5.80. The molecular formula is C15H26O. The first-order valence-corrected chi connectivity index (χ1v) is 6.34. The summed E-state index contributed by atoms with van der Waals surface area (Å²) in [5, 5.41) is 9.26. The van der Waals surface area contributed by atoms with E-state index in [1.165, 1.54) is 18.4 Å². The standard InChI is InChI=1S/C15H26O/c1-6-15(5)8-7-13(12(4)10-16)9-14(15)11(2)3/h6,12-14,16H,1-2,7-10H2,3-5H3/t12?,13-,14+,15+/m0/s1. The average Bonchev–Trinajstić information content (AvgIpc) is 2.28. The van der Waals surface area contributed by atoms with Gasteiger partial charge in [-0.25, -0.2) is 0 Å². The molecule has 0 aromatic heterocycles. The third-order valence-corrected chi connectivity index (χ3v) is 4.54. The summed E-state index contributed by atoms with van der Waals surface area (Å²) in [6.45, 7) is 15.0. The van der Waals surface area contributed by atoms with Gasteiger partial charge < -0.3 is 5.11 Å². The lowest BCUT2D eigenvalue weighted by Crippen LogP contribution is -2.35. The van der Waals surface area contributed by atoms with Gasteiger partial charge in [0.05, 0.1) is 0 Å². The first-order chi connectivity index (χ1) is 7.44. The molecule has 16 heavy (non-hydrogen) atoms. The van der Waals surface area contributed by atoms with Gasteiger partial charge in [0.2, 0.25) is 0 Å². The molecule has 92 valence electrons. The smallest absolute Gasteiger partial charge is 0.0459 e. The van der Waals surface area contributed by atoms with E-state index in [4.69, 9.17) is 0 Å². The number of aliphatic hydroxyl groups excluding tert-OH is 1. The van der Waals surface area contributed by atoms with Crippen LogP contribution < -0.4 is 0 Å². The van der Waals surface area contributed by atoms with Crippen LogP contribution in [0.5, 0.6) is 0 Å². The van der Waals surface area contributed by atoms with E-state index in [9.17, 15) is 5.11 Å². The van der Waals surface area contributed by atoms with Crippen molar-refractivity contribution < 1.29 is 5.11 Å². The fourth-order valence-corrected chi connectivity index (χ4v) is 3.03. The van der Waals surface area contributed by atoms with Crippen molar-refractivity contribution in [3.05, 3.63) is 24.8 Å². The lowest BCUT2D eigenvalue weighted by molar-refractivity contribution is 0.0922. The van der Waals surface area contributed by atoms with Gasteiger partial charge in [-0.05, 0) is 49.4 Å². The van der Waals surface area contributed by atoms with Crippen LogP contribution in [0.3, 0.4) is 0 Å². The zero-order chi connectivity index (χ0) is 12.3. The molecule has 1 saturated carbocycles. The van der Waals surface area contributed by atoms with Crippen LogP contribution in [0.1, 0.15) is 40.0 Å². The highest BCUT2D eigenvalue weighted by atomic mass is 16.3. The molecule has 1 heteroatoms. The van der Waals surface area contributed by atoms with Gasteiger partial charge in [-0.2, -0.15) is 0 Å². The minimum Gasteiger partial charge on any atom is -0.396 e. The lowest BCUT2D eigenvalue weighted by Gasteiger charge is -2.44. The van der Waals surface area contributed by atoms with Crippen LogP contribution in [-0.2, 0) is 0 Å². The Labute approximate surface area is 100 Å². The molecule has 0 spiro atoms. The molecule has 0 aromatic rings. The lowest BCUT2D eigenvalue weighted by atomic mass is 9.60. The van der Waals surface area contributed by atoms with Gasteiger partial charge in [0, 0.05) is 6.61 Å². The number of rotatable bonds is 4. The van der Waals surface area contributed by atoms with Crippen molar-refractivity contribution in [1.82, 2.24) is 0 Å². The Hall–Kier alpha value is -0.560. The minimum atomic E-state index is 0.206. The summed E-state index contributed by atoms with van der Waals surface area (Å²) in [6, 6.07) is 0. The van der Waals surface area contributed by atoms with E-state index in [2.05, 4.69) is 40.0 Å². The van der Waals surface area contributed by atoms with Crippen molar-refractivity contribution in [3.63, 3.8) is 0 Å². The molecule has 0 bridgehead atoms. The van der Waals surface area contributed by atoms with Crippen molar-refractivity contribution in [2.45, 2.75) is 40.0 Å². The molecule has 1 rings (SSSR count). The summed E-state index contributed by atoms with van der Waals surface area (Å²) in [6.07, 6.45) is 5.63. The zero-order valence-corrected chi connectivity index (χ0v) is 11.0. The minimum absolute atomic E-state index is 0.206. The molecule has 4 atom stereocenters. The summed E-state index contributed by atoms with van der Waals surface area (Å²) in [5.74, 6) is 1.58. The molecule has 0 saturated heterocycles. The Morgan fingerprint density at radius 3 is 2.69 bits per heavy atom. The van der Waals surface area contributed by atoms with E-state index >= 15 is 0 Å². The molecule has 1 nitrogen and oxygen atoms in total. The van der Waals surface area contributed by atoms with Crippen LogP contribution in [-0.4, -0.2) is 11.7 Å². The Bertz CT molecular complexity index is 269. The topological polar surface area (TPSA) is 20.2 Å². The first-order valence-electron chi connectivity index (χ1n) is 6.34. The fraction of sp³-hybridized carbons (Fsp3) is 0.733. The predicted molar refractivity (Wildman–Crippen MR) is 70.2 cm³/mol. The average molecular weight is 222 g/mol. The maximum Gasteiger partial charge on any atom is 0.0459 e. The Balaban J connectivity index is 2.81. The molecule has 0 aromatic carbocycles. The summed E-state index contributed by atoms with van der Waals surface area (Å²) < 4.78 is 0. The Kier molecular flexibility index (Phi) is 4.37. The molecule has 0 amide bonds. The van der Waals surface area contributed by atoms with Gasteiger partial charge in [-0.3, -0.25) is 0 Å². The highest BCUT2D eigenvalue weighted by molar-refractivity contribution is 5.12. The number of hydrogen-bond acceptors (Lipinski definition) is 1. The van der Waals surface area contributed by atoms with Crippen LogP contribution in [0, 0.1) is 23.2 Å². The van der Waals surface area contributed by atoms with E-state index in [1.54, 1.807) is 0 Å². The molecule has 1 aliphatic carbocycles. The molecule has 0 aliphatic heterocycles. The fourth-order valence-electron chi connectivity index (χ4n) is 3.03. The molecule has 1 aliphatic rings. The molecule has 0 radical (unpaired) electrons. The van der Waals surface area contributed by atoms with Crippen molar-refractivity contribution in [1.29, 1.82) is 0 Å². The monoisotopic (exact) mass is 222 g/mol. The quantitative estimate of drug-likeness (QED) is 0.717. The summed E-state index contributed by atoms with van der Waals surface area (Å²) >= 11 is 0. The zero-order valence-electron chi connectivity index (χ0n) is 11.0. The van der Waals surface area contributed by atoms with Crippen molar-refractivity contribution in [2.24, 2.45) is 23.2 Å². The number of aliphatic hydroxyl groups is 1. The summed E-state index contributed by atoms with van der Waals surface area (Å²) in [4.78, 5) is 0. The Morgan fingerprint density at radius 2 is 2.25 bits per heavy atom. The largest absolute Gasteiger partial charge is 0.396 e. The van der Waals surface area contributed by atoms with Gasteiger partial charge in [-0.1, -0.05) is 32.1 Å². The van der Waals surface area contributed by atoms with E-state index < -0.39 is 0 Å². The van der Waals surface area contributed by atoms with E-state index in [1.807, 2.05) is 0 Å². The molecular weight excluding hydrogens is 196 g/mol. The van der Waals surface area contributed by atoms with E-state index in [-0.39, 0.29) is 5.41 Å². The van der Waals surface area contributed by atoms with E-state index in [0.29, 0.717) is 24.4 Å². The Morgan fingerprint density at radius 1 is 1.62 bits per heavy atom. The third-order valence-electron chi connectivity index (χ3n) is 4.54. The second kappa shape index (κ2) is 5.18. The highest BCUT2D eigenvalue weighted by Gasteiger charge is 2.39. The molecule has 1 unspecified atom stereocenters. The van der Waals surface area contributed by atoms with Crippen LogP contribution in [0.15, 0.2) is 24.8 Å². The third kappa shape index (κ3) is 2.57. The van der Waals surface area contributed by atoms with Gasteiger partial charge in [-0.15, -0.1) is 6.58 Å². The highest BCUT2D eigenvalue weighted by Crippen LogP contribution is 2.48. The molecule has 1 N–H and O–H groups in total. The first kappa shape index (κ1) is 13.5.